The first-order valence-corrected chi connectivity index (χ1v) is 11.3. The van der Waals surface area contributed by atoms with E-state index >= 15 is 0 Å². The molecule has 0 amide bonds. The van der Waals surface area contributed by atoms with Crippen molar-refractivity contribution >= 4 is 46.4 Å². The van der Waals surface area contributed by atoms with Gasteiger partial charge in [0.05, 0.1) is 6.61 Å². The maximum atomic E-state index is 5.91. The van der Waals surface area contributed by atoms with Crippen LogP contribution in [0.5, 0.6) is 5.75 Å². The molecule has 4 rings (SSSR count). The lowest BCUT2D eigenvalue weighted by molar-refractivity contribution is 0.314. The Morgan fingerprint density at radius 2 is 1.82 bits per heavy atom. The van der Waals surface area contributed by atoms with Crippen LogP contribution in [0.15, 0.2) is 71.9 Å². The van der Waals surface area contributed by atoms with Crippen molar-refractivity contribution in [2.45, 2.75) is 26.2 Å². The molecule has 0 fully saturated rings. The van der Waals surface area contributed by atoms with Crippen LogP contribution in [-0.4, -0.2) is 46.8 Å². The predicted molar refractivity (Wildman–Crippen MR) is 145 cm³/mol. The highest BCUT2D eigenvalue weighted by molar-refractivity contribution is 14.0. The third-order valence-corrected chi connectivity index (χ3v) is 5.16. The monoisotopic (exact) mass is 558 g/mol. The topological polar surface area (TPSA) is 75.8 Å². The van der Waals surface area contributed by atoms with E-state index in [1.54, 1.807) is 0 Å². The minimum Gasteiger partial charge on any atom is -0.494 e. The van der Waals surface area contributed by atoms with E-state index in [1.807, 2.05) is 47.0 Å². The van der Waals surface area contributed by atoms with Crippen LogP contribution in [0, 0.1) is 0 Å². The van der Waals surface area contributed by atoms with Crippen molar-refractivity contribution in [2.24, 2.45) is 4.99 Å². The molecule has 7 nitrogen and oxygen atoms in total. The quantitative estimate of drug-likeness (QED) is 0.130. The number of nitrogens with one attached hydrogen (secondary N) is 2. The SMILES string of the molecule is CCNC(=NCCCOc1ccc2ccccc2c1)NCCCc1nnc2ccccn12.I. The molecule has 2 aromatic heterocycles. The highest BCUT2D eigenvalue weighted by Crippen LogP contribution is 2.20. The van der Waals surface area contributed by atoms with E-state index in [1.165, 1.54) is 10.8 Å². The van der Waals surface area contributed by atoms with Gasteiger partial charge in [-0.25, -0.2) is 0 Å². The second-order valence-electron chi connectivity index (χ2n) is 7.55. The zero-order chi connectivity index (χ0) is 22.0. The third-order valence-electron chi connectivity index (χ3n) is 5.16. The van der Waals surface area contributed by atoms with E-state index in [-0.39, 0.29) is 24.0 Å². The Morgan fingerprint density at radius 1 is 0.970 bits per heavy atom. The molecule has 33 heavy (non-hydrogen) atoms. The normalized spacial score (nSPS) is 11.4. The van der Waals surface area contributed by atoms with Gasteiger partial charge in [0, 0.05) is 38.7 Å². The van der Waals surface area contributed by atoms with Crippen molar-refractivity contribution in [3.05, 3.63) is 72.7 Å². The van der Waals surface area contributed by atoms with Gasteiger partial charge >= 0.3 is 0 Å². The van der Waals surface area contributed by atoms with Gasteiger partial charge in [0.15, 0.2) is 11.6 Å². The molecule has 0 aliphatic carbocycles. The van der Waals surface area contributed by atoms with Crippen molar-refractivity contribution in [1.82, 2.24) is 25.2 Å². The minimum absolute atomic E-state index is 0. The van der Waals surface area contributed by atoms with Crippen LogP contribution < -0.4 is 15.4 Å². The Kier molecular flexibility index (Phi) is 9.74. The van der Waals surface area contributed by atoms with Crippen LogP contribution in [0.2, 0.25) is 0 Å². The summed E-state index contributed by atoms with van der Waals surface area (Å²) < 4.78 is 7.94. The zero-order valence-electron chi connectivity index (χ0n) is 18.9. The fourth-order valence-electron chi connectivity index (χ4n) is 3.56. The number of benzene rings is 2. The molecule has 2 aromatic carbocycles. The average Bonchev–Trinajstić information content (AvgIpc) is 3.24. The van der Waals surface area contributed by atoms with Crippen molar-refractivity contribution in [1.29, 1.82) is 0 Å². The summed E-state index contributed by atoms with van der Waals surface area (Å²) in [5.41, 5.74) is 0.885. The first-order chi connectivity index (χ1) is 15.8. The Morgan fingerprint density at radius 3 is 2.70 bits per heavy atom. The molecule has 0 saturated heterocycles. The van der Waals surface area contributed by atoms with Gasteiger partial charge < -0.3 is 15.4 Å². The molecule has 0 spiro atoms. The average molecular weight is 558 g/mol. The van der Waals surface area contributed by atoms with Gasteiger partial charge in [-0.2, -0.15) is 0 Å². The molecule has 0 unspecified atom stereocenters. The van der Waals surface area contributed by atoms with Crippen LogP contribution in [0.1, 0.15) is 25.6 Å². The molecule has 0 radical (unpaired) electrons. The van der Waals surface area contributed by atoms with E-state index in [2.05, 4.69) is 57.0 Å². The molecule has 8 heteroatoms. The second-order valence-corrected chi connectivity index (χ2v) is 7.55. The van der Waals surface area contributed by atoms with E-state index in [4.69, 9.17) is 4.74 Å². The zero-order valence-corrected chi connectivity index (χ0v) is 21.2. The van der Waals surface area contributed by atoms with Gasteiger partial charge in [-0.3, -0.25) is 9.39 Å². The van der Waals surface area contributed by atoms with Gasteiger partial charge in [-0.1, -0.05) is 36.4 Å². The van der Waals surface area contributed by atoms with E-state index in [0.29, 0.717) is 13.2 Å². The highest BCUT2D eigenvalue weighted by Gasteiger charge is 2.04. The number of fused-ring (bicyclic) bond motifs is 2. The largest absolute Gasteiger partial charge is 0.494 e. The summed E-state index contributed by atoms with van der Waals surface area (Å²) >= 11 is 0. The van der Waals surface area contributed by atoms with E-state index in [0.717, 1.165) is 55.5 Å². The predicted octanol–water partition coefficient (Wildman–Crippen LogP) is 4.46. The van der Waals surface area contributed by atoms with Crippen molar-refractivity contribution < 1.29 is 4.74 Å². The first-order valence-electron chi connectivity index (χ1n) is 11.3. The van der Waals surface area contributed by atoms with Gasteiger partial charge in [-0.15, -0.1) is 34.2 Å². The van der Waals surface area contributed by atoms with Crippen molar-refractivity contribution in [3.63, 3.8) is 0 Å². The lowest BCUT2D eigenvalue weighted by Crippen LogP contribution is -2.38. The van der Waals surface area contributed by atoms with Gasteiger partial charge in [0.25, 0.3) is 0 Å². The molecule has 0 aliphatic heterocycles. The van der Waals surface area contributed by atoms with E-state index in [9.17, 15) is 0 Å². The molecular formula is C25H31IN6O. The Hall–Kier alpha value is -2.88. The number of hydrogen-bond acceptors (Lipinski definition) is 4. The number of hydrogen-bond donors (Lipinski definition) is 2. The summed E-state index contributed by atoms with van der Waals surface area (Å²) in [6, 6.07) is 20.5. The molecule has 0 aliphatic rings. The summed E-state index contributed by atoms with van der Waals surface area (Å²) in [4.78, 5) is 4.66. The summed E-state index contributed by atoms with van der Waals surface area (Å²) in [5.74, 6) is 2.72. The number of aromatic nitrogens is 3. The van der Waals surface area contributed by atoms with Crippen molar-refractivity contribution in [2.75, 3.05) is 26.2 Å². The van der Waals surface area contributed by atoms with Crippen LogP contribution in [0.4, 0.5) is 0 Å². The lowest BCUT2D eigenvalue weighted by atomic mass is 10.1. The van der Waals surface area contributed by atoms with Crippen molar-refractivity contribution in [3.8, 4) is 5.75 Å². The number of guanidine groups is 1. The number of aryl methyl sites for hydroxylation is 1. The highest BCUT2D eigenvalue weighted by atomic mass is 127. The Bertz CT molecular complexity index is 1180. The summed E-state index contributed by atoms with van der Waals surface area (Å²) in [6.45, 7) is 5.07. The maximum Gasteiger partial charge on any atom is 0.191 e. The molecule has 0 bridgehead atoms. The van der Waals surface area contributed by atoms with Crippen LogP contribution >= 0.6 is 24.0 Å². The fraction of sp³-hybridized carbons (Fsp3) is 0.320. The summed E-state index contributed by atoms with van der Waals surface area (Å²) in [6.07, 6.45) is 4.67. The first kappa shape index (κ1) is 24.8. The standard InChI is InChI=1S/C25H30N6O.HI/c1-2-26-25(27-15-7-12-24-30-29-23-11-5-6-17-31(23)24)28-16-8-18-32-22-14-13-20-9-3-4-10-21(20)19-22;/h3-6,9-11,13-14,17,19H,2,7-8,12,15-16,18H2,1H3,(H2,26,27,28);1H. The molecular weight excluding hydrogens is 527 g/mol. The summed E-state index contributed by atoms with van der Waals surface area (Å²) in [7, 11) is 0. The molecule has 2 heterocycles. The van der Waals surface area contributed by atoms with Gasteiger partial charge in [0.2, 0.25) is 0 Å². The molecule has 174 valence electrons. The molecule has 4 aromatic rings. The summed E-state index contributed by atoms with van der Waals surface area (Å²) in [5, 5.41) is 17.6. The maximum absolute atomic E-state index is 5.91. The minimum atomic E-state index is 0. The van der Waals surface area contributed by atoms with Gasteiger partial charge in [-0.05, 0) is 48.4 Å². The molecule has 2 N–H and O–H groups in total. The molecule has 0 atom stereocenters. The third kappa shape index (κ3) is 7.05. The number of rotatable bonds is 10. The Labute approximate surface area is 211 Å². The number of halogens is 1. The fourth-order valence-corrected chi connectivity index (χ4v) is 3.56. The smallest absolute Gasteiger partial charge is 0.191 e. The number of nitrogens with zero attached hydrogens (tertiary/aromatic N) is 4. The van der Waals surface area contributed by atoms with Crippen LogP contribution in [0.25, 0.3) is 16.4 Å². The number of ether oxygens (including phenoxy) is 1. The Balaban J connectivity index is 0.00000306. The number of aliphatic imine (C=N–C) groups is 1. The van der Waals surface area contributed by atoms with E-state index < -0.39 is 0 Å². The second kappa shape index (κ2) is 13.0. The number of pyridine rings is 1. The molecule has 0 saturated carbocycles. The van der Waals surface area contributed by atoms with Crippen LogP contribution in [-0.2, 0) is 6.42 Å². The lowest BCUT2D eigenvalue weighted by Gasteiger charge is -2.11. The van der Waals surface area contributed by atoms with Gasteiger partial charge in [0.1, 0.15) is 11.6 Å². The van der Waals surface area contributed by atoms with Crippen LogP contribution in [0.3, 0.4) is 0 Å².